The molecule has 8 heteroatoms. The summed E-state index contributed by atoms with van der Waals surface area (Å²) >= 11 is 0. The van der Waals surface area contributed by atoms with E-state index in [1.165, 1.54) is 24.9 Å². The van der Waals surface area contributed by atoms with E-state index in [-0.39, 0.29) is 31.9 Å². The van der Waals surface area contributed by atoms with E-state index in [4.69, 9.17) is 15.2 Å². The minimum atomic E-state index is -0.671. The number of piperidine rings is 1. The lowest BCUT2D eigenvalue weighted by Gasteiger charge is -2.29. The number of fused-ring (bicyclic) bond motifs is 1. The molecule has 1 heterocycles. The third-order valence-corrected chi connectivity index (χ3v) is 5.62. The fraction of sp³-hybridized carbons (Fsp3) is 0.423. The number of hydrogen-bond acceptors (Lipinski definition) is 7. The molecule has 0 saturated carbocycles. The van der Waals surface area contributed by atoms with E-state index < -0.39 is 17.9 Å². The molecule has 1 fully saturated rings. The maximum absolute atomic E-state index is 12.4. The summed E-state index contributed by atoms with van der Waals surface area (Å²) in [5.74, 6) is -0.952. The Hall–Kier alpha value is -3.41. The number of carbonyl (C=O) groups is 2. The minimum Gasteiger partial charge on any atom is -0.462 e. The van der Waals surface area contributed by atoms with Crippen LogP contribution in [0.25, 0.3) is 16.8 Å². The first-order valence-electron chi connectivity index (χ1n) is 11.7. The van der Waals surface area contributed by atoms with Gasteiger partial charge in [-0.15, -0.1) is 0 Å². The molecule has 1 amide bonds. The largest absolute Gasteiger partial charge is 0.462 e. The first kappa shape index (κ1) is 25.2. The van der Waals surface area contributed by atoms with Gasteiger partial charge in [0.05, 0.1) is 13.2 Å². The second-order valence-corrected chi connectivity index (χ2v) is 8.33. The van der Waals surface area contributed by atoms with Crippen LogP contribution in [-0.2, 0) is 19.1 Å². The van der Waals surface area contributed by atoms with Crippen LogP contribution in [-0.4, -0.2) is 57.4 Å². The third-order valence-electron chi connectivity index (χ3n) is 5.62. The van der Waals surface area contributed by atoms with Gasteiger partial charge in [0, 0.05) is 25.3 Å². The molecule has 0 aliphatic carbocycles. The molecule has 0 spiro atoms. The Morgan fingerprint density at radius 2 is 1.85 bits per heavy atom. The van der Waals surface area contributed by atoms with E-state index in [0.29, 0.717) is 0 Å². The number of nitrogens with two attached hydrogens (primary N) is 1. The van der Waals surface area contributed by atoms with E-state index in [2.05, 4.69) is 28.4 Å². The number of carbonyl (C=O) groups excluding carboxylic acids is 2. The molecular weight excluding hydrogens is 432 g/mol. The molecule has 0 aromatic heterocycles. The van der Waals surface area contributed by atoms with Gasteiger partial charge in [0.1, 0.15) is 24.3 Å². The average Bonchev–Trinajstić information content (AvgIpc) is 2.86. The zero-order valence-corrected chi connectivity index (χ0v) is 19.6. The van der Waals surface area contributed by atoms with Crippen LogP contribution in [0, 0.1) is 11.3 Å². The number of hydrogen-bond donors (Lipinski definition) is 2. The van der Waals surface area contributed by atoms with Crippen LogP contribution in [0.4, 0.5) is 5.69 Å². The van der Waals surface area contributed by atoms with Gasteiger partial charge in [0.2, 0.25) is 0 Å². The van der Waals surface area contributed by atoms with Gasteiger partial charge in [0.25, 0.3) is 5.91 Å². The number of esters is 1. The molecule has 1 aliphatic heterocycles. The molecule has 0 radical (unpaired) electrons. The Labute approximate surface area is 200 Å². The highest BCUT2D eigenvalue weighted by atomic mass is 16.6. The summed E-state index contributed by atoms with van der Waals surface area (Å²) in [5.41, 5.74) is 7.44. The highest BCUT2D eigenvalue weighted by Crippen LogP contribution is 2.26. The van der Waals surface area contributed by atoms with Crippen LogP contribution in [0.5, 0.6) is 0 Å². The first-order valence-corrected chi connectivity index (χ1v) is 11.7. The summed E-state index contributed by atoms with van der Waals surface area (Å²) in [5, 5.41) is 14.3. The van der Waals surface area contributed by atoms with Crippen LogP contribution >= 0.6 is 0 Å². The summed E-state index contributed by atoms with van der Waals surface area (Å²) in [7, 11) is 0. The standard InChI is InChI=1S/C26H32N4O4/c1-19(28)26(32)34-14-13-33-12-9-29-25(31)23(18-27)16-20-5-6-22-17-24(8-7-21(22)15-20)30-10-3-2-4-11-30/h5-8,15-17,19H,2-4,9-14,28H2,1H3,(H,29,31)/b23-16+/t19-/m0/s1. The quantitative estimate of drug-likeness (QED) is 0.240. The van der Waals surface area contributed by atoms with Crippen molar-refractivity contribution in [1.29, 1.82) is 5.26 Å². The molecule has 0 unspecified atom stereocenters. The number of ether oxygens (including phenoxy) is 2. The summed E-state index contributed by atoms with van der Waals surface area (Å²) in [4.78, 5) is 26.0. The lowest BCUT2D eigenvalue weighted by molar-refractivity contribution is -0.146. The first-order chi connectivity index (χ1) is 16.5. The summed E-state index contributed by atoms with van der Waals surface area (Å²) in [6, 6.07) is 13.6. The SMILES string of the molecule is C[C@H](N)C(=O)OCCOCCNC(=O)/C(C#N)=C/c1ccc2cc(N3CCCCC3)ccc2c1. The van der Waals surface area contributed by atoms with Gasteiger partial charge >= 0.3 is 5.97 Å². The van der Waals surface area contributed by atoms with Crippen molar-refractivity contribution in [2.24, 2.45) is 5.73 Å². The molecule has 2 aromatic rings. The second kappa shape index (κ2) is 12.7. The molecule has 1 atom stereocenters. The number of amides is 1. The van der Waals surface area contributed by atoms with Crippen molar-refractivity contribution < 1.29 is 19.1 Å². The molecule has 0 bridgehead atoms. The van der Waals surface area contributed by atoms with E-state index in [0.717, 1.165) is 29.4 Å². The number of nitriles is 1. The molecule has 1 saturated heterocycles. The number of rotatable bonds is 10. The summed E-state index contributed by atoms with van der Waals surface area (Å²) in [6.07, 6.45) is 5.35. The van der Waals surface area contributed by atoms with Crippen molar-refractivity contribution in [3.63, 3.8) is 0 Å². The number of nitrogens with one attached hydrogen (secondary N) is 1. The van der Waals surface area contributed by atoms with Crippen molar-refractivity contribution in [2.75, 3.05) is 44.4 Å². The van der Waals surface area contributed by atoms with Gasteiger partial charge in [-0.1, -0.05) is 18.2 Å². The smallest absolute Gasteiger partial charge is 0.322 e. The molecule has 2 aromatic carbocycles. The molecule has 1 aliphatic rings. The number of benzene rings is 2. The fourth-order valence-electron chi connectivity index (χ4n) is 3.77. The molecule has 34 heavy (non-hydrogen) atoms. The molecule has 180 valence electrons. The van der Waals surface area contributed by atoms with Crippen molar-refractivity contribution >= 4 is 34.4 Å². The van der Waals surface area contributed by atoms with Crippen LogP contribution < -0.4 is 16.0 Å². The predicted molar refractivity (Wildman–Crippen MR) is 132 cm³/mol. The Morgan fingerprint density at radius 3 is 2.59 bits per heavy atom. The van der Waals surface area contributed by atoms with E-state index in [1.54, 1.807) is 13.0 Å². The Morgan fingerprint density at radius 1 is 1.12 bits per heavy atom. The van der Waals surface area contributed by atoms with Crippen molar-refractivity contribution in [3.05, 3.63) is 47.5 Å². The van der Waals surface area contributed by atoms with E-state index >= 15 is 0 Å². The Kier molecular flexibility index (Phi) is 9.44. The zero-order chi connectivity index (χ0) is 24.3. The van der Waals surface area contributed by atoms with Crippen molar-refractivity contribution in [1.82, 2.24) is 5.32 Å². The molecule has 3 N–H and O–H groups in total. The maximum Gasteiger partial charge on any atom is 0.322 e. The predicted octanol–water partition coefficient (Wildman–Crippen LogP) is 2.76. The lowest BCUT2D eigenvalue weighted by atomic mass is 10.0. The molecule has 3 rings (SSSR count). The molecule has 8 nitrogen and oxygen atoms in total. The normalized spacial score (nSPS) is 15.0. The van der Waals surface area contributed by atoms with Gasteiger partial charge in [0.15, 0.2) is 0 Å². The van der Waals surface area contributed by atoms with Crippen LogP contribution in [0.3, 0.4) is 0 Å². The van der Waals surface area contributed by atoms with Gasteiger partial charge in [-0.3, -0.25) is 9.59 Å². The van der Waals surface area contributed by atoms with Crippen LogP contribution in [0.1, 0.15) is 31.7 Å². The number of anilines is 1. The van der Waals surface area contributed by atoms with Gasteiger partial charge < -0.3 is 25.4 Å². The van der Waals surface area contributed by atoms with Crippen molar-refractivity contribution in [2.45, 2.75) is 32.2 Å². The van der Waals surface area contributed by atoms with Gasteiger partial charge in [-0.2, -0.15) is 5.26 Å². The Bertz CT molecular complexity index is 1070. The maximum atomic E-state index is 12.4. The topological polar surface area (TPSA) is 118 Å². The van der Waals surface area contributed by atoms with E-state index in [9.17, 15) is 14.9 Å². The van der Waals surface area contributed by atoms with Crippen LogP contribution in [0.15, 0.2) is 42.0 Å². The summed E-state index contributed by atoms with van der Waals surface area (Å²) < 4.78 is 10.2. The Balaban J connectivity index is 1.51. The third kappa shape index (κ3) is 7.30. The summed E-state index contributed by atoms with van der Waals surface area (Å²) in [6.45, 7) is 4.50. The van der Waals surface area contributed by atoms with Gasteiger partial charge in [-0.25, -0.2) is 0 Å². The van der Waals surface area contributed by atoms with Gasteiger partial charge in [-0.05, 0) is 66.8 Å². The van der Waals surface area contributed by atoms with Crippen LogP contribution in [0.2, 0.25) is 0 Å². The zero-order valence-electron chi connectivity index (χ0n) is 19.6. The van der Waals surface area contributed by atoms with Crippen molar-refractivity contribution in [3.8, 4) is 6.07 Å². The molecular formula is C26H32N4O4. The lowest BCUT2D eigenvalue weighted by Crippen LogP contribution is -2.30. The van der Waals surface area contributed by atoms with E-state index in [1.807, 2.05) is 24.3 Å². The fourth-order valence-corrected chi connectivity index (χ4v) is 3.77. The monoisotopic (exact) mass is 464 g/mol. The second-order valence-electron chi connectivity index (χ2n) is 8.33. The highest BCUT2D eigenvalue weighted by Gasteiger charge is 2.12. The average molecular weight is 465 g/mol. The number of nitrogens with zero attached hydrogens (tertiary/aromatic N) is 2. The minimum absolute atomic E-state index is 0.0233. The highest BCUT2D eigenvalue weighted by molar-refractivity contribution is 6.02.